The zero-order chi connectivity index (χ0) is 22.3. The summed E-state index contributed by atoms with van der Waals surface area (Å²) in [5.74, 6) is 4.97. The van der Waals surface area contributed by atoms with Gasteiger partial charge in [-0.05, 0) is 43.2 Å². The molecule has 2 aromatic carbocycles. The summed E-state index contributed by atoms with van der Waals surface area (Å²) in [6, 6.07) is 6.74. The van der Waals surface area contributed by atoms with Crippen molar-refractivity contribution in [2.75, 3.05) is 5.84 Å². The largest absolute Gasteiger partial charge is 0.435 e. The van der Waals surface area contributed by atoms with Crippen LogP contribution >= 0.6 is 10.7 Å². The molecule has 12 heteroatoms. The predicted molar refractivity (Wildman–Crippen MR) is 101 cm³/mol. The lowest BCUT2D eigenvalue weighted by Crippen LogP contribution is -2.17. The summed E-state index contributed by atoms with van der Waals surface area (Å²) in [5, 5.41) is 3.98. The van der Waals surface area contributed by atoms with Crippen LogP contribution in [-0.2, 0) is 12.4 Å². The van der Waals surface area contributed by atoms with Gasteiger partial charge in [-0.2, -0.15) is 26.3 Å². The van der Waals surface area contributed by atoms with Gasteiger partial charge in [0.1, 0.15) is 16.4 Å². The van der Waals surface area contributed by atoms with Crippen molar-refractivity contribution < 1.29 is 31.1 Å². The van der Waals surface area contributed by atoms with Gasteiger partial charge in [-0.3, -0.25) is 0 Å². The number of nitrogens with zero attached hydrogens (tertiary/aromatic N) is 1. The van der Waals surface area contributed by atoms with E-state index in [0.29, 0.717) is 12.1 Å². The van der Waals surface area contributed by atoms with E-state index in [4.69, 9.17) is 10.6 Å². The Bertz CT molecular complexity index is 1050. The summed E-state index contributed by atoms with van der Waals surface area (Å²) >= 11 is 0. The van der Waals surface area contributed by atoms with Crippen LogP contribution in [0.4, 0.5) is 26.3 Å². The van der Waals surface area contributed by atoms with Crippen molar-refractivity contribution in [1.82, 2.24) is 14.5 Å². The van der Waals surface area contributed by atoms with E-state index in [-0.39, 0.29) is 11.9 Å². The Balaban J connectivity index is 2.05. The number of nitrogens with two attached hydrogens (primary N) is 1. The van der Waals surface area contributed by atoms with Gasteiger partial charge in [-0.15, -0.1) is 0 Å². The molecule has 0 bridgehead atoms. The van der Waals surface area contributed by atoms with Crippen LogP contribution in [0, 0.1) is 13.8 Å². The first-order valence-electron chi connectivity index (χ1n) is 8.39. The number of aromatic amines is 2. The van der Waals surface area contributed by atoms with E-state index in [1.54, 1.807) is 0 Å². The number of hydrogen-bond acceptors (Lipinski definition) is 2. The molecule has 0 radical (unpaired) electrons. The lowest BCUT2D eigenvalue weighted by molar-refractivity contribution is -0.143. The van der Waals surface area contributed by atoms with E-state index in [0.717, 1.165) is 20.9 Å². The number of rotatable bonds is 3. The van der Waals surface area contributed by atoms with Gasteiger partial charge in [0.25, 0.3) is 5.88 Å². The van der Waals surface area contributed by atoms with Crippen LogP contribution in [0.1, 0.15) is 22.3 Å². The van der Waals surface area contributed by atoms with Crippen molar-refractivity contribution in [2.24, 2.45) is 0 Å². The van der Waals surface area contributed by atoms with Gasteiger partial charge in [-0.25, -0.2) is 5.10 Å². The highest BCUT2D eigenvalue weighted by atomic mass is 32.2. The van der Waals surface area contributed by atoms with Crippen molar-refractivity contribution in [3.63, 3.8) is 0 Å². The quantitative estimate of drug-likeness (QED) is 0.253. The number of nitrogen functional groups attached to an aromatic ring is 1. The van der Waals surface area contributed by atoms with E-state index in [1.807, 2.05) is 32.0 Å². The number of ether oxygens (including phenoxy) is 1. The third kappa shape index (κ3) is 5.12. The number of nitrogens with one attached hydrogen (secondary N) is 2. The molecule has 4 N–H and O–H groups in total. The third-order valence-corrected chi connectivity index (χ3v) is 5.48. The lowest BCUT2D eigenvalue weighted by Gasteiger charge is -2.14. The Morgan fingerprint density at radius 1 is 0.867 bits per heavy atom. The summed E-state index contributed by atoms with van der Waals surface area (Å²) in [7, 11) is -0.850. The Morgan fingerprint density at radius 2 is 1.40 bits per heavy atom. The van der Waals surface area contributed by atoms with Crippen LogP contribution < -0.4 is 10.6 Å². The molecule has 0 aliphatic carbocycles. The maximum Gasteiger partial charge on any atom is 0.416 e. The molecular formula is C18H17F6N4OS+. The van der Waals surface area contributed by atoms with Crippen molar-refractivity contribution in [3.8, 4) is 16.5 Å². The summed E-state index contributed by atoms with van der Waals surface area (Å²) in [6.45, 7) is 3.79. The minimum atomic E-state index is -4.97. The molecule has 0 amide bonds. The van der Waals surface area contributed by atoms with Crippen LogP contribution in [-0.4, -0.2) is 14.5 Å². The van der Waals surface area contributed by atoms with Gasteiger partial charge in [0.2, 0.25) is 10.3 Å². The number of aryl methyl sites for hydroxylation is 2. The molecule has 1 unspecified atom stereocenters. The molecule has 3 rings (SSSR count). The fourth-order valence-electron chi connectivity index (χ4n) is 2.75. The molecule has 0 saturated carbocycles. The molecule has 0 aliphatic heterocycles. The number of halogens is 6. The Labute approximate surface area is 169 Å². The van der Waals surface area contributed by atoms with Gasteiger partial charge < -0.3 is 10.6 Å². The first-order chi connectivity index (χ1) is 13.8. The molecule has 0 spiro atoms. The second kappa shape index (κ2) is 7.67. The van der Waals surface area contributed by atoms with Gasteiger partial charge in [0.15, 0.2) is 0 Å². The second-order valence-electron chi connectivity index (χ2n) is 6.56. The first-order valence-corrected chi connectivity index (χ1v) is 9.68. The molecular weight excluding hydrogens is 434 g/mol. The summed E-state index contributed by atoms with van der Waals surface area (Å²) in [4.78, 5) is 1.74. The molecule has 162 valence electrons. The van der Waals surface area contributed by atoms with Gasteiger partial charge in [0.05, 0.1) is 11.1 Å². The molecule has 0 saturated heterocycles. The van der Waals surface area contributed by atoms with Crippen LogP contribution in [0.15, 0.2) is 41.8 Å². The number of H-pyrrole nitrogens is 2. The molecule has 30 heavy (non-hydrogen) atoms. The molecule has 0 aliphatic rings. The molecule has 1 heterocycles. The topological polar surface area (TPSA) is 71.8 Å². The summed E-state index contributed by atoms with van der Waals surface area (Å²) in [5.41, 5.74) is -0.991. The summed E-state index contributed by atoms with van der Waals surface area (Å²) < 4.78 is 86.5. The third-order valence-electron chi connectivity index (χ3n) is 3.89. The molecule has 1 aromatic heterocycles. The molecule has 5 nitrogen and oxygen atoms in total. The van der Waals surface area contributed by atoms with E-state index in [9.17, 15) is 26.3 Å². The van der Waals surface area contributed by atoms with E-state index in [2.05, 4.69) is 9.59 Å². The normalized spacial score (nSPS) is 12.7. The highest BCUT2D eigenvalue weighted by Gasteiger charge is 2.37. The first kappa shape index (κ1) is 21.7. The standard InChI is InChI=1S/C18H17F6N4OS/c1-10-3-11(2)5-15(4-10)30-9-16(26-28(25)27-30)29-14-7-12(17(19,20)21)6-13(8-14)18(22,23)24/h3-9,26-27H,25H2,1-2H3/q+1. The number of hydrogen-bond donors (Lipinski definition) is 3. The number of aromatic nitrogens is 3. The van der Waals surface area contributed by atoms with Crippen molar-refractivity contribution in [3.05, 3.63) is 64.0 Å². The monoisotopic (exact) mass is 451 g/mol. The molecule has 1 atom stereocenters. The fraction of sp³-hybridized carbons (Fsp3) is 0.222. The number of alkyl halides is 6. The highest BCUT2D eigenvalue weighted by Crippen LogP contribution is 2.39. The van der Waals surface area contributed by atoms with Crippen LogP contribution in [0.3, 0.4) is 0 Å². The maximum atomic E-state index is 13.0. The maximum absolute atomic E-state index is 13.0. The SMILES string of the molecule is Cc1cc(C)cc(-[s+]2cc(Oc3cc(C(F)(F)F)cc(C(F)(F)F)c3)[nH]n(N)[nH]2)c1. The Morgan fingerprint density at radius 3 is 1.90 bits per heavy atom. The summed E-state index contributed by atoms with van der Waals surface area (Å²) in [6.07, 6.45) is -9.95. The van der Waals surface area contributed by atoms with Gasteiger partial charge >= 0.3 is 12.4 Å². The van der Waals surface area contributed by atoms with Crippen LogP contribution in [0.2, 0.25) is 0 Å². The minimum Gasteiger partial charge on any atom is -0.435 e. The van der Waals surface area contributed by atoms with E-state index < -0.39 is 39.9 Å². The second-order valence-corrected chi connectivity index (χ2v) is 8.13. The Kier molecular flexibility index (Phi) is 5.54. The van der Waals surface area contributed by atoms with Gasteiger partial charge in [0, 0.05) is 12.1 Å². The van der Waals surface area contributed by atoms with Crippen molar-refractivity contribution in [1.29, 1.82) is 0 Å². The zero-order valence-electron chi connectivity index (χ0n) is 15.7. The Hall–Kier alpha value is -3.02. The predicted octanol–water partition coefficient (Wildman–Crippen LogP) is 6.17. The molecule has 3 aromatic rings. The fourth-order valence-corrected chi connectivity index (χ4v) is 4.24. The average molecular weight is 451 g/mol. The van der Waals surface area contributed by atoms with Crippen molar-refractivity contribution in [2.45, 2.75) is 26.2 Å². The zero-order valence-corrected chi connectivity index (χ0v) is 16.5. The number of benzene rings is 2. The lowest BCUT2D eigenvalue weighted by atomic mass is 10.1. The van der Waals surface area contributed by atoms with E-state index >= 15 is 0 Å². The molecule has 0 fully saturated rings. The average Bonchev–Trinajstić information content (AvgIpc) is 2.58. The highest BCUT2D eigenvalue weighted by molar-refractivity contribution is 7.33. The smallest absolute Gasteiger partial charge is 0.416 e. The van der Waals surface area contributed by atoms with Gasteiger partial charge in [-0.1, -0.05) is 15.5 Å². The minimum absolute atomic E-state index is 0.0341. The van der Waals surface area contributed by atoms with Crippen LogP contribution in [0.5, 0.6) is 11.6 Å². The van der Waals surface area contributed by atoms with Crippen molar-refractivity contribution >= 4 is 10.7 Å². The van der Waals surface area contributed by atoms with Crippen LogP contribution in [0.25, 0.3) is 4.90 Å². The van der Waals surface area contributed by atoms with E-state index in [1.165, 1.54) is 5.38 Å².